The van der Waals surface area contributed by atoms with E-state index in [1.807, 2.05) is 24.3 Å². The van der Waals surface area contributed by atoms with Gasteiger partial charge >= 0.3 is 0 Å². The molecule has 0 bridgehead atoms. The van der Waals surface area contributed by atoms with Crippen LogP contribution in [0, 0.1) is 0 Å². The van der Waals surface area contributed by atoms with Crippen LogP contribution in [-0.2, 0) is 10.5 Å². The molecule has 17 heavy (non-hydrogen) atoms. The second kappa shape index (κ2) is 7.58. The van der Waals surface area contributed by atoms with E-state index in [9.17, 15) is 4.79 Å². The van der Waals surface area contributed by atoms with Crippen molar-refractivity contribution in [3.63, 3.8) is 0 Å². The van der Waals surface area contributed by atoms with E-state index in [2.05, 4.69) is 5.32 Å². The Kier molecular flexibility index (Phi) is 6.40. The van der Waals surface area contributed by atoms with Crippen molar-refractivity contribution in [1.82, 2.24) is 5.32 Å². The van der Waals surface area contributed by atoms with E-state index in [1.165, 1.54) is 11.8 Å². The molecule has 0 radical (unpaired) electrons. The van der Waals surface area contributed by atoms with Crippen molar-refractivity contribution in [2.45, 2.75) is 18.8 Å². The van der Waals surface area contributed by atoms with Gasteiger partial charge in [0.1, 0.15) is 0 Å². The molecule has 0 aliphatic heterocycles. The Morgan fingerprint density at radius 1 is 1.47 bits per heavy atom. The smallest absolute Gasteiger partial charge is 0.230 e. The first kappa shape index (κ1) is 14.4. The van der Waals surface area contributed by atoms with E-state index < -0.39 is 6.10 Å². The lowest BCUT2D eigenvalue weighted by Gasteiger charge is -2.06. The van der Waals surface area contributed by atoms with Crippen LogP contribution in [0.2, 0.25) is 5.02 Å². The van der Waals surface area contributed by atoms with Crippen LogP contribution in [-0.4, -0.2) is 29.4 Å². The Labute approximate surface area is 111 Å². The minimum Gasteiger partial charge on any atom is -0.392 e. The highest BCUT2D eigenvalue weighted by Crippen LogP contribution is 2.15. The second-order valence-electron chi connectivity index (χ2n) is 3.77. The number of carbonyl (C=O) groups excluding carboxylic acids is 1. The SMILES string of the molecule is C[C@@H](O)CNC(=O)CSCc1ccc(Cl)cc1. The summed E-state index contributed by atoms with van der Waals surface area (Å²) in [5.41, 5.74) is 1.14. The minimum absolute atomic E-state index is 0.0511. The summed E-state index contributed by atoms with van der Waals surface area (Å²) in [5, 5.41) is 12.4. The number of aliphatic hydroxyl groups excluding tert-OH is 1. The number of benzene rings is 1. The van der Waals surface area contributed by atoms with Crippen LogP contribution in [0.25, 0.3) is 0 Å². The number of rotatable bonds is 6. The van der Waals surface area contributed by atoms with Crippen molar-refractivity contribution < 1.29 is 9.90 Å². The van der Waals surface area contributed by atoms with Gasteiger partial charge in [-0.2, -0.15) is 0 Å². The summed E-state index contributed by atoms with van der Waals surface area (Å²) in [5.74, 6) is 1.12. The summed E-state index contributed by atoms with van der Waals surface area (Å²) in [6.07, 6.45) is -0.500. The maximum Gasteiger partial charge on any atom is 0.230 e. The monoisotopic (exact) mass is 273 g/mol. The summed E-state index contributed by atoms with van der Waals surface area (Å²) in [7, 11) is 0. The first-order chi connectivity index (χ1) is 8.08. The highest BCUT2D eigenvalue weighted by molar-refractivity contribution is 7.99. The molecule has 1 rings (SSSR count). The number of halogens is 1. The lowest BCUT2D eigenvalue weighted by molar-refractivity contribution is -0.118. The third-order valence-corrected chi connectivity index (χ3v) is 3.27. The van der Waals surface area contributed by atoms with Gasteiger partial charge in [0.25, 0.3) is 0 Å². The maximum atomic E-state index is 11.3. The van der Waals surface area contributed by atoms with Gasteiger partial charge < -0.3 is 10.4 Å². The number of aliphatic hydroxyl groups is 1. The molecule has 1 atom stereocenters. The number of carbonyl (C=O) groups is 1. The predicted molar refractivity (Wildman–Crippen MR) is 72.3 cm³/mol. The Bertz CT molecular complexity index is 354. The number of amides is 1. The topological polar surface area (TPSA) is 49.3 Å². The fourth-order valence-electron chi connectivity index (χ4n) is 1.15. The molecule has 1 aromatic rings. The van der Waals surface area contributed by atoms with Crippen molar-refractivity contribution in [1.29, 1.82) is 0 Å². The molecule has 2 N–H and O–H groups in total. The zero-order valence-electron chi connectivity index (χ0n) is 9.65. The molecule has 0 saturated carbocycles. The van der Waals surface area contributed by atoms with Crippen LogP contribution in [0.3, 0.4) is 0 Å². The fraction of sp³-hybridized carbons (Fsp3) is 0.417. The largest absolute Gasteiger partial charge is 0.392 e. The van der Waals surface area contributed by atoms with Crippen molar-refractivity contribution >= 4 is 29.3 Å². The minimum atomic E-state index is -0.500. The van der Waals surface area contributed by atoms with Gasteiger partial charge in [-0.25, -0.2) is 0 Å². The summed E-state index contributed by atoms with van der Waals surface area (Å²) < 4.78 is 0. The van der Waals surface area contributed by atoms with E-state index in [1.54, 1.807) is 6.92 Å². The quantitative estimate of drug-likeness (QED) is 0.834. The maximum absolute atomic E-state index is 11.3. The number of thioether (sulfide) groups is 1. The standard InChI is InChI=1S/C12H16ClNO2S/c1-9(15)6-14-12(16)8-17-7-10-2-4-11(13)5-3-10/h2-5,9,15H,6-8H2,1H3,(H,14,16)/t9-/m1/s1. The molecule has 5 heteroatoms. The highest BCUT2D eigenvalue weighted by Gasteiger charge is 2.03. The van der Waals surface area contributed by atoms with Gasteiger partial charge in [0.05, 0.1) is 11.9 Å². The summed E-state index contributed by atoms with van der Waals surface area (Å²) in [4.78, 5) is 11.3. The zero-order valence-corrected chi connectivity index (χ0v) is 11.2. The van der Waals surface area contributed by atoms with Crippen LogP contribution < -0.4 is 5.32 Å². The molecule has 1 amide bonds. The molecule has 0 aliphatic rings. The van der Waals surface area contributed by atoms with Crippen molar-refractivity contribution in [2.75, 3.05) is 12.3 Å². The molecule has 0 aliphatic carbocycles. The van der Waals surface area contributed by atoms with Gasteiger partial charge in [-0.1, -0.05) is 23.7 Å². The number of hydrogen-bond acceptors (Lipinski definition) is 3. The van der Waals surface area contributed by atoms with Gasteiger partial charge in [0.2, 0.25) is 5.91 Å². The van der Waals surface area contributed by atoms with E-state index in [4.69, 9.17) is 16.7 Å². The van der Waals surface area contributed by atoms with E-state index in [0.717, 1.165) is 11.3 Å². The predicted octanol–water partition coefficient (Wildman–Crippen LogP) is 2.07. The third kappa shape index (κ3) is 6.56. The lowest BCUT2D eigenvalue weighted by atomic mass is 10.2. The van der Waals surface area contributed by atoms with Crippen molar-refractivity contribution in [2.24, 2.45) is 0 Å². The Morgan fingerprint density at radius 3 is 2.71 bits per heavy atom. The molecule has 0 fully saturated rings. The Balaban J connectivity index is 2.19. The van der Waals surface area contributed by atoms with Crippen LogP contribution in [0.4, 0.5) is 0 Å². The molecule has 0 heterocycles. The number of hydrogen-bond donors (Lipinski definition) is 2. The third-order valence-electron chi connectivity index (χ3n) is 2.01. The van der Waals surface area contributed by atoms with E-state index in [-0.39, 0.29) is 5.91 Å². The molecule has 3 nitrogen and oxygen atoms in total. The molecular formula is C12H16ClNO2S. The van der Waals surface area contributed by atoms with Gasteiger partial charge in [-0.15, -0.1) is 11.8 Å². The highest BCUT2D eigenvalue weighted by atomic mass is 35.5. The summed E-state index contributed by atoms with van der Waals surface area (Å²) in [6.45, 7) is 1.95. The molecular weight excluding hydrogens is 258 g/mol. The molecule has 1 aromatic carbocycles. The fourth-order valence-corrected chi connectivity index (χ4v) is 2.10. The van der Waals surface area contributed by atoms with Gasteiger partial charge in [-0.3, -0.25) is 4.79 Å². The van der Waals surface area contributed by atoms with E-state index in [0.29, 0.717) is 17.3 Å². The first-order valence-corrected chi connectivity index (χ1v) is 6.88. The van der Waals surface area contributed by atoms with Gasteiger partial charge in [0.15, 0.2) is 0 Å². The molecule has 0 spiro atoms. The van der Waals surface area contributed by atoms with Crippen LogP contribution in [0.15, 0.2) is 24.3 Å². The van der Waals surface area contributed by atoms with Gasteiger partial charge in [-0.05, 0) is 24.6 Å². The van der Waals surface area contributed by atoms with E-state index >= 15 is 0 Å². The summed E-state index contributed by atoms with van der Waals surface area (Å²) in [6, 6.07) is 7.57. The van der Waals surface area contributed by atoms with Crippen molar-refractivity contribution in [3.05, 3.63) is 34.9 Å². The number of nitrogens with one attached hydrogen (secondary N) is 1. The average Bonchev–Trinajstić information content (AvgIpc) is 2.29. The Hall–Kier alpha value is -0.710. The first-order valence-electron chi connectivity index (χ1n) is 5.35. The molecule has 0 aromatic heterocycles. The van der Waals surface area contributed by atoms with Crippen LogP contribution in [0.1, 0.15) is 12.5 Å². The van der Waals surface area contributed by atoms with Gasteiger partial charge in [0, 0.05) is 17.3 Å². The molecule has 94 valence electrons. The molecule has 0 saturated heterocycles. The van der Waals surface area contributed by atoms with Crippen LogP contribution in [0.5, 0.6) is 0 Å². The average molecular weight is 274 g/mol. The summed E-state index contributed by atoms with van der Waals surface area (Å²) >= 11 is 7.31. The lowest BCUT2D eigenvalue weighted by Crippen LogP contribution is -2.31. The van der Waals surface area contributed by atoms with Crippen molar-refractivity contribution in [3.8, 4) is 0 Å². The normalized spacial score (nSPS) is 12.2. The Morgan fingerprint density at radius 2 is 2.12 bits per heavy atom. The molecule has 0 unspecified atom stereocenters. The second-order valence-corrected chi connectivity index (χ2v) is 5.19. The van der Waals surface area contributed by atoms with Crippen LogP contribution >= 0.6 is 23.4 Å². The zero-order chi connectivity index (χ0) is 12.7.